The van der Waals surface area contributed by atoms with Gasteiger partial charge in [0.05, 0.1) is 0 Å². The van der Waals surface area contributed by atoms with E-state index in [0.29, 0.717) is 17.5 Å². The summed E-state index contributed by atoms with van der Waals surface area (Å²) in [5, 5.41) is 4.66. The maximum absolute atomic E-state index is 6.59. The van der Waals surface area contributed by atoms with Crippen LogP contribution in [0.3, 0.4) is 0 Å². The summed E-state index contributed by atoms with van der Waals surface area (Å²) in [6.07, 6.45) is 0. The summed E-state index contributed by atoms with van der Waals surface area (Å²) in [5.74, 6) is 1.96. The second-order valence-electron chi connectivity index (χ2n) is 14.0. The molecule has 0 fully saturated rings. The Balaban J connectivity index is 1.06. The number of fused-ring (bicyclic) bond motifs is 6. The first kappa shape index (κ1) is 32.2. The third kappa shape index (κ3) is 5.56. The maximum atomic E-state index is 6.59. The molecule has 0 unspecified atom stereocenters. The van der Waals surface area contributed by atoms with E-state index >= 15 is 0 Å². The van der Waals surface area contributed by atoms with Crippen molar-refractivity contribution >= 4 is 53.4 Å². The van der Waals surface area contributed by atoms with Crippen molar-refractivity contribution in [2.75, 3.05) is 0 Å². The van der Waals surface area contributed by atoms with Gasteiger partial charge in [0.2, 0.25) is 0 Å². The molecule has 0 N–H and O–H groups in total. The summed E-state index contributed by atoms with van der Waals surface area (Å²) in [6.45, 7) is 0. The zero-order valence-electron chi connectivity index (χ0n) is 30.1. The van der Waals surface area contributed by atoms with Gasteiger partial charge in [0.1, 0.15) is 11.2 Å². The zero-order chi connectivity index (χ0) is 37.0. The van der Waals surface area contributed by atoms with Crippen molar-refractivity contribution in [2.45, 2.75) is 0 Å². The van der Waals surface area contributed by atoms with Gasteiger partial charge in [0.15, 0.2) is 17.5 Å². The van der Waals surface area contributed by atoms with Crippen LogP contribution in [0.4, 0.5) is 0 Å². The Morgan fingerprint density at radius 1 is 0.339 bits per heavy atom. The van der Waals surface area contributed by atoms with Gasteiger partial charge in [0, 0.05) is 53.2 Å². The lowest BCUT2D eigenvalue weighted by Gasteiger charge is -2.10. The number of hydrogen-bond acceptors (Lipinski definition) is 5. The number of nitrogens with zero attached hydrogens (tertiary/aromatic N) is 3. The lowest BCUT2D eigenvalue weighted by Crippen LogP contribution is -1.99. The number of rotatable bonds is 6. The highest BCUT2D eigenvalue weighted by molar-refractivity contribution is 7.26. The Hall–Kier alpha value is -7.21. The Morgan fingerprint density at radius 3 is 1.59 bits per heavy atom. The Morgan fingerprint density at radius 2 is 0.893 bits per heavy atom. The van der Waals surface area contributed by atoms with Crippen molar-refractivity contribution in [3.8, 4) is 67.5 Å². The Labute approximate surface area is 327 Å². The minimum Gasteiger partial charge on any atom is -0.455 e. The molecule has 0 bridgehead atoms. The maximum Gasteiger partial charge on any atom is 0.164 e. The Bertz CT molecular complexity index is 3170. The highest BCUT2D eigenvalue weighted by atomic mass is 32.1. The van der Waals surface area contributed by atoms with Gasteiger partial charge >= 0.3 is 0 Å². The second-order valence-corrected chi connectivity index (χ2v) is 15.0. The van der Waals surface area contributed by atoms with E-state index in [0.717, 1.165) is 55.3 Å². The average Bonchev–Trinajstić information content (AvgIpc) is 3.85. The standard InChI is InChI=1S/C51H31N3OS/c1-4-13-32(14-5-1)33-23-25-34(26-24-33)43-29-38(30-44-40-19-10-11-22-45(40)55-47(43)44)39-20-12-21-42-41-28-27-37(31-46(41)56-48(39)42)51-53-49(35-15-6-2-7-16-35)52-50(54-51)36-17-8-3-9-18-36/h1-31H. The number of furan rings is 1. The number of para-hydroxylation sites is 1. The van der Waals surface area contributed by atoms with Crippen LogP contribution in [0.2, 0.25) is 0 Å². The summed E-state index contributed by atoms with van der Waals surface area (Å²) < 4.78 is 9.01. The first-order valence-corrected chi connectivity index (χ1v) is 19.5. The van der Waals surface area contributed by atoms with E-state index in [1.165, 1.54) is 36.9 Å². The predicted molar refractivity (Wildman–Crippen MR) is 233 cm³/mol. The molecule has 0 radical (unpaired) electrons. The van der Waals surface area contributed by atoms with Crippen LogP contribution >= 0.6 is 11.3 Å². The summed E-state index contributed by atoms with van der Waals surface area (Å²) >= 11 is 1.81. The largest absolute Gasteiger partial charge is 0.455 e. The predicted octanol–water partition coefficient (Wildman–Crippen LogP) is 14.1. The van der Waals surface area contributed by atoms with Crippen molar-refractivity contribution < 1.29 is 4.42 Å². The smallest absolute Gasteiger partial charge is 0.164 e. The molecule has 11 rings (SSSR count). The van der Waals surface area contributed by atoms with Crippen molar-refractivity contribution in [1.29, 1.82) is 0 Å². The quantitative estimate of drug-likeness (QED) is 0.171. The van der Waals surface area contributed by atoms with Gasteiger partial charge in [-0.15, -0.1) is 11.3 Å². The molecule has 3 heterocycles. The van der Waals surface area contributed by atoms with E-state index in [4.69, 9.17) is 19.4 Å². The molecule has 0 amide bonds. The molecule has 56 heavy (non-hydrogen) atoms. The van der Waals surface area contributed by atoms with E-state index in [-0.39, 0.29) is 0 Å². The first-order valence-electron chi connectivity index (χ1n) is 18.7. The molecular weight excluding hydrogens is 703 g/mol. The molecule has 5 heteroatoms. The highest BCUT2D eigenvalue weighted by Gasteiger charge is 2.19. The van der Waals surface area contributed by atoms with Gasteiger partial charge in [-0.25, -0.2) is 15.0 Å². The van der Waals surface area contributed by atoms with Crippen LogP contribution in [0.15, 0.2) is 192 Å². The van der Waals surface area contributed by atoms with Crippen LogP contribution in [0.25, 0.3) is 110 Å². The molecule has 0 spiro atoms. The molecule has 3 aromatic heterocycles. The van der Waals surface area contributed by atoms with E-state index < -0.39 is 0 Å². The van der Waals surface area contributed by atoms with Crippen molar-refractivity contribution in [3.05, 3.63) is 188 Å². The fraction of sp³-hybridized carbons (Fsp3) is 0. The Kier molecular flexibility index (Phi) is 7.64. The van der Waals surface area contributed by atoms with E-state index in [9.17, 15) is 0 Å². The van der Waals surface area contributed by atoms with Gasteiger partial charge < -0.3 is 4.42 Å². The van der Waals surface area contributed by atoms with Crippen LogP contribution in [-0.2, 0) is 0 Å². The molecule has 4 nitrogen and oxygen atoms in total. The molecule has 0 saturated carbocycles. The number of thiophene rings is 1. The summed E-state index contributed by atoms with van der Waals surface area (Å²) in [7, 11) is 0. The van der Waals surface area contributed by atoms with Gasteiger partial charge in [-0.2, -0.15) is 0 Å². The molecule has 0 aliphatic rings. The lowest BCUT2D eigenvalue weighted by molar-refractivity contribution is 0.670. The number of aromatic nitrogens is 3. The second kappa shape index (κ2) is 13.3. The minimum atomic E-state index is 0.650. The summed E-state index contributed by atoms with van der Waals surface area (Å²) in [6, 6.07) is 65.7. The fourth-order valence-corrected chi connectivity index (χ4v) is 9.05. The molecule has 11 aromatic rings. The van der Waals surface area contributed by atoms with Gasteiger partial charge in [-0.3, -0.25) is 0 Å². The third-order valence-electron chi connectivity index (χ3n) is 10.5. The van der Waals surface area contributed by atoms with Gasteiger partial charge in [-0.05, 0) is 52.1 Å². The van der Waals surface area contributed by atoms with Gasteiger partial charge in [-0.1, -0.05) is 164 Å². The number of benzene rings is 8. The molecule has 0 atom stereocenters. The molecular formula is C51H31N3OS. The monoisotopic (exact) mass is 733 g/mol. The van der Waals surface area contributed by atoms with E-state index in [1.54, 1.807) is 0 Å². The highest BCUT2D eigenvalue weighted by Crippen LogP contribution is 2.45. The van der Waals surface area contributed by atoms with Gasteiger partial charge in [0.25, 0.3) is 0 Å². The van der Waals surface area contributed by atoms with E-state index in [1.807, 2.05) is 78.1 Å². The summed E-state index contributed by atoms with van der Waals surface area (Å²) in [5.41, 5.74) is 11.6. The van der Waals surface area contributed by atoms with E-state index in [2.05, 4.69) is 121 Å². The zero-order valence-corrected chi connectivity index (χ0v) is 30.9. The third-order valence-corrected chi connectivity index (χ3v) is 11.8. The van der Waals surface area contributed by atoms with Crippen molar-refractivity contribution in [2.24, 2.45) is 0 Å². The van der Waals surface area contributed by atoms with Crippen LogP contribution in [0, 0.1) is 0 Å². The number of hydrogen-bond donors (Lipinski definition) is 0. The van der Waals surface area contributed by atoms with Crippen molar-refractivity contribution in [1.82, 2.24) is 15.0 Å². The van der Waals surface area contributed by atoms with Crippen LogP contribution < -0.4 is 0 Å². The SMILES string of the molecule is c1ccc(-c2ccc(-c3cc(-c4cccc5c4sc4cc(-c6nc(-c7ccccc7)nc(-c7ccccc7)n6)ccc45)cc4c3oc3ccccc34)cc2)cc1. The minimum absolute atomic E-state index is 0.650. The normalized spacial score (nSPS) is 11.6. The molecule has 0 aliphatic carbocycles. The molecule has 0 saturated heterocycles. The molecule has 8 aromatic carbocycles. The van der Waals surface area contributed by atoms with Crippen LogP contribution in [-0.4, -0.2) is 15.0 Å². The van der Waals surface area contributed by atoms with Crippen LogP contribution in [0.5, 0.6) is 0 Å². The van der Waals surface area contributed by atoms with Crippen LogP contribution in [0.1, 0.15) is 0 Å². The van der Waals surface area contributed by atoms with Crippen molar-refractivity contribution in [3.63, 3.8) is 0 Å². The molecule has 0 aliphatic heterocycles. The fourth-order valence-electron chi connectivity index (χ4n) is 7.77. The summed E-state index contributed by atoms with van der Waals surface area (Å²) in [4.78, 5) is 14.9. The lowest BCUT2D eigenvalue weighted by atomic mass is 9.94. The average molecular weight is 734 g/mol. The molecule has 262 valence electrons. The topological polar surface area (TPSA) is 51.8 Å². The first-order chi connectivity index (χ1) is 27.7.